The molecule has 0 spiro atoms. The van der Waals surface area contributed by atoms with Crippen molar-refractivity contribution in [3.8, 4) is 0 Å². The van der Waals surface area contributed by atoms with E-state index in [1.54, 1.807) is 0 Å². The van der Waals surface area contributed by atoms with Crippen LogP contribution in [0.1, 0.15) is 57.1 Å². The molecule has 0 aliphatic carbocycles. The first kappa shape index (κ1) is 24.1. The number of carbonyl (C=O) groups excluding carboxylic acids is 1. The van der Waals surface area contributed by atoms with Gasteiger partial charge in [0.1, 0.15) is 6.29 Å². The van der Waals surface area contributed by atoms with Crippen molar-refractivity contribution in [1.82, 2.24) is 0 Å². The van der Waals surface area contributed by atoms with E-state index in [1.807, 2.05) is 13.8 Å². The van der Waals surface area contributed by atoms with E-state index in [0.717, 1.165) is 25.0 Å². The molecule has 8 heteroatoms. The zero-order valence-electron chi connectivity index (χ0n) is 16.1. The maximum Gasteiger partial charge on any atom is 0.416 e. The van der Waals surface area contributed by atoms with Crippen molar-refractivity contribution in [2.45, 2.75) is 70.4 Å². The summed E-state index contributed by atoms with van der Waals surface area (Å²) in [5.74, 6) is -1.36. The minimum atomic E-state index is -4.49. The lowest BCUT2D eigenvalue weighted by Crippen LogP contribution is -2.47. The highest BCUT2D eigenvalue weighted by Crippen LogP contribution is 2.31. The summed E-state index contributed by atoms with van der Waals surface area (Å²) in [5.41, 5.74) is -2.42. The molecule has 158 valence electrons. The van der Waals surface area contributed by atoms with E-state index in [9.17, 15) is 27.9 Å². The predicted molar refractivity (Wildman–Crippen MR) is 96.8 cm³/mol. The van der Waals surface area contributed by atoms with Gasteiger partial charge in [-0.2, -0.15) is 13.2 Å². The number of carboxylic acids is 1. The van der Waals surface area contributed by atoms with Gasteiger partial charge in [-0.3, -0.25) is 0 Å². The molecular weight excluding hydrogens is 377 g/mol. The van der Waals surface area contributed by atoms with Crippen LogP contribution < -0.4 is 0 Å². The van der Waals surface area contributed by atoms with Crippen LogP contribution >= 0.6 is 0 Å². The summed E-state index contributed by atoms with van der Waals surface area (Å²) in [5, 5.41) is 9.77. The maximum absolute atomic E-state index is 12.7. The van der Waals surface area contributed by atoms with Crippen molar-refractivity contribution >= 4 is 12.3 Å². The molecule has 0 radical (unpaired) electrons. The van der Waals surface area contributed by atoms with Gasteiger partial charge in [0.2, 0.25) is 0 Å². The number of rotatable bonds is 13. The number of unbranched alkanes of at least 4 members (excludes halogenated alkanes) is 1. The summed E-state index contributed by atoms with van der Waals surface area (Å²) in [6.45, 7) is 4.26. The Kier molecular flexibility index (Phi) is 9.61. The number of hydrogen-bond acceptors (Lipinski definition) is 4. The highest BCUT2D eigenvalue weighted by Gasteiger charge is 2.42. The molecule has 0 bridgehead atoms. The molecular formula is C20H27F3O5. The Morgan fingerprint density at radius 1 is 1.18 bits per heavy atom. The number of aliphatic carboxylic acids is 1. The van der Waals surface area contributed by atoms with Gasteiger partial charge in [-0.25, -0.2) is 4.79 Å². The largest absolute Gasteiger partial charge is 0.479 e. The molecule has 0 aliphatic heterocycles. The molecule has 0 amide bonds. The molecule has 0 saturated carbocycles. The van der Waals surface area contributed by atoms with Crippen LogP contribution in [-0.4, -0.2) is 35.9 Å². The minimum absolute atomic E-state index is 0.253. The van der Waals surface area contributed by atoms with Gasteiger partial charge >= 0.3 is 12.1 Å². The van der Waals surface area contributed by atoms with E-state index < -0.39 is 36.0 Å². The third-order valence-corrected chi connectivity index (χ3v) is 4.26. The van der Waals surface area contributed by atoms with Crippen molar-refractivity contribution in [2.24, 2.45) is 0 Å². The monoisotopic (exact) mass is 404 g/mol. The lowest BCUT2D eigenvalue weighted by molar-refractivity contribution is -0.224. The molecule has 1 aromatic carbocycles. The average Bonchev–Trinajstić information content (AvgIpc) is 2.61. The number of halogens is 3. The number of benzene rings is 1. The summed E-state index contributed by atoms with van der Waals surface area (Å²) in [6.07, 6.45) is -2.79. The summed E-state index contributed by atoms with van der Waals surface area (Å²) in [7, 11) is 0. The van der Waals surface area contributed by atoms with E-state index in [2.05, 4.69) is 0 Å². The first-order chi connectivity index (χ1) is 13.2. The van der Waals surface area contributed by atoms with Crippen molar-refractivity contribution in [1.29, 1.82) is 0 Å². The fourth-order valence-corrected chi connectivity index (χ4v) is 2.67. The van der Waals surface area contributed by atoms with Gasteiger partial charge in [0, 0.05) is 19.4 Å². The Morgan fingerprint density at radius 2 is 1.82 bits per heavy atom. The van der Waals surface area contributed by atoms with Crippen LogP contribution in [0.5, 0.6) is 0 Å². The Morgan fingerprint density at radius 3 is 2.29 bits per heavy atom. The fourth-order valence-electron chi connectivity index (χ4n) is 2.67. The van der Waals surface area contributed by atoms with Gasteiger partial charge in [-0.1, -0.05) is 38.8 Å². The lowest BCUT2D eigenvalue weighted by Gasteiger charge is -2.32. The van der Waals surface area contributed by atoms with E-state index >= 15 is 0 Å². The van der Waals surface area contributed by atoms with E-state index in [0.29, 0.717) is 31.3 Å². The second-order valence-corrected chi connectivity index (χ2v) is 6.60. The number of ether oxygens (including phenoxy) is 2. The molecule has 1 N–H and O–H groups in total. The zero-order valence-corrected chi connectivity index (χ0v) is 16.1. The standard InChI is InChI=1S/C20H27F3O5/c1-3-5-13-27-17(6-4-2)28-19(11-12-24,18(25)26)14-15-7-9-16(10-8-15)20(21,22)23/h7-10,12,17H,3-6,11,13-14H2,1-2H3,(H,25,26). The smallest absolute Gasteiger partial charge is 0.416 e. The van der Waals surface area contributed by atoms with E-state index in [-0.39, 0.29) is 6.42 Å². The van der Waals surface area contributed by atoms with Gasteiger partial charge in [0.15, 0.2) is 11.9 Å². The average molecular weight is 404 g/mol. The van der Waals surface area contributed by atoms with Crippen molar-refractivity contribution in [3.05, 3.63) is 35.4 Å². The zero-order chi connectivity index (χ0) is 21.2. The lowest BCUT2D eigenvalue weighted by atomic mass is 9.90. The van der Waals surface area contributed by atoms with Crippen LogP contribution in [0, 0.1) is 0 Å². The number of carboxylic acid groups (broad SMARTS) is 1. The van der Waals surface area contributed by atoms with Crippen LogP contribution in [0.25, 0.3) is 0 Å². The van der Waals surface area contributed by atoms with E-state index in [1.165, 1.54) is 12.1 Å². The van der Waals surface area contributed by atoms with Crippen molar-refractivity contribution in [3.63, 3.8) is 0 Å². The normalized spacial score (nSPS) is 15.0. The Balaban J connectivity index is 3.08. The van der Waals surface area contributed by atoms with Gasteiger partial charge < -0.3 is 19.4 Å². The van der Waals surface area contributed by atoms with Crippen molar-refractivity contribution in [2.75, 3.05) is 6.61 Å². The quantitative estimate of drug-likeness (QED) is 0.295. The second kappa shape index (κ2) is 11.2. The molecule has 0 saturated heterocycles. The van der Waals surface area contributed by atoms with Gasteiger partial charge in [0.25, 0.3) is 0 Å². The first-order valence-corrected chi connectivity index (χ1v) is 9.31. The highest BCUT2D eigenvalue weighted by molar-refractivity contribution is 5.81. The molecule has 2 unspecified atom stereocenters. The van der Waals surface area contributed by atoms with Crippen LogP contribution in [0.15, 0.2) is 24.3 Å². The first-order valence-electron chi connectivity index (χ1n) is 9.31. The fraction of sp³-hybridized carbons (Fsp3) is 0.600. The van der Waals surface area contributed by atoms with Gasteiger partial charge in [-0.05, 0) is 30.5 Å². The van der Waals surface area contributed by atoms with Crippen LogP contribution in [0.3, 0.4) is 0 Å². The molecule has 1 aromatic rings. The molecule has 0 aliphatic rings. The topological polar surface area (TPSA) is 72.8 Å². The second-order valence-electron chi connectivity index (χ2n) is 6.60. The molecule has 2 atom stereocenters. The minimum Gasteiger partial charge on any atom is -0.479 e. The molecule has 0 aromatic heterocycles. The summed E-state index contributed by atoms with van der Waals surface area (Å²) < 4.78 is 49.6. The van der Waals surface area contributed by atoms with Crippen LogP contribution in [0.2, 0.25) is 0 Å². The van der Waals surface area contributed by atoms with Gasteiger partial charge in [-0.15, -0.1) is 0 Å². The predicted octanol–water partition coefficient (Wildman–Crippen LogP) is 4.62. The van der Waals surface area contributed by atoms with Crippen molar-refractivity contribution < 1.29 is 37.3 Å². The van der Waals surface area contributed by atoms with Crippen LogP contribution in [0.4, 0.5) is 13.2 Å². The Hall–Kier alpha value is -1.93. The molecule has 0 heterocycles. The molecule has 0 fully saturated rings. The number of aldehydes is 1. The highest BCUT2D eigenvalue weighted by atomic mass is 19.4. The number of hydrogen-bond donors (Lipinski definition) is 1. The Bertz CT molecular complexity index is 615. The number of alkyl halides is 3. The molecule has 5 nitrogen and oxygen atoms in total. The SMILES string of the molecule is CCCCOC(CCC)OC(CC=O)(Cc1ccc(C(F)(F)F)cc1)C(=O)O. The third-order valence-electron chi connectivity index (χ3n) is 4.26. The molecule has 1 rings (SSSR count). The summed E-state index contributed by atoms with van der Waals surface area (Å²) in [4.78, 5) is 23.2. The van der Waals surface area contributed by atoms with Gasteiger partial charge in [0.05, 0.1) is 5.56 Å². The summed E-state index contributed by atoms with van der Waals surface area (Å²) in [6, 6.07) is 4.15. The molecule has 28 heavy (non-hydrogen) atoms. The van der Waals surface area contributed by atoms with Crippen LogP contribution in [-0.2, 0) is 31.7 Å². The van der Waals surface area contributed by atoms with E-state index in [4.69, 9.17) is 9.47 Å². The maximum atomic E-state index is 12.7. The Labute approximate surface area is 162 Å². The number of carbonyl (C=O) groups is 2. The third kappa shape index (κ3) is 7.24. The summed E-state index contributed by atoms with van der Waals surface area (Å²) >= 11 is 0.